The van der Waals surface area contributed by atoms with Crippen molar-refractivity contribution in [2.45, 2.75) is 80.2 Å². The molecule has 0 saturated carbocycles. The minimum atomic E-state index is 0.644. The van der Waals surface area contributed by atoms with E-state index in [-0.39, 0.29) is 0 Å². The van der Waals surface area contributed by atoms with Crippen LogP contribution in [0.5, 0.6) is 0 Å². The van der Waals surface area contributed by atoms with Gasteiger partial charge in [0.1, 0.15) is 22.6 Å². The maximum absolute atomic E-state index is 5.48. The van der Waals surface area contributed by atoms with Crippen LogP contribution in [0.1, 0.15) is 69.4 Å². The van der Waals surface area contributed by atoms with Crippen molar-refractivity contribution in [1.29, 1.82) is 0 Å². The second-order valence-corrected chi connectivity index (χ2v) is 13.5. The van der Waals surface area contributed by atoms with Gasteiger partial charge in [0.15, 0.2) is 23.3 Å². The number of benzene rings is 4. The number of hydrogen-bond acceptors (Lipinski definition) is 6. The van der Waals surface area contributed by atoms with E-state index >= 15 is 0 Å². The Kier molecular flexibility index (Phi) is 7.72. The Bertz CT molecular complexity index is 2770. The third-order valence-electron chi connectivity index (χ3n) is 11.0. The van der Waals surface area contributed by atoms with Crippen molar-refractivity contribution in [3.8, 4) is 45.6 Å². The van der Waals surface area contributed by atoms with E-state index < -0.39 is 0 Å². The number of nitrogens with zero attached hydrogens (tertiary/aromatic N) is 7. The highest BCUT2D eigenvalue weighted by atomic mass is 15.1. The van der Waals surface area contributed by atoms with Gasteiger partial charge in [0.2, 0.25) is 0 Å². The van der Waals surface area contributed by atoms with Crippen LogP contribution in [0.15, 0.2) is 66.7 Å². The fraction of sp³-hybridized carbons (Fsp3) is 0.273. The lowest BCUT2D eigenvalue weighted by Crippen LogP contribution is -2.04. The number of H-pyrrole nitrogens is 1. The predicted molar refractivity (Wildman–Crippen MR) is 212 cm³/mol. The van der Waals surface area contributed by atoms with Crippen LogP contribution >= 0.6 is 0 Å². The second-order valence-electron chi connectivity index (χ2n) is 13.5. The van der Waals surface area contributed by atoms with Gasteiger partial charge in [-0.25, -0.2) is 29.9 Å². The van der Waals surface area contributed by atoms with Crippen molar-refractivity contribution in [1.82, 2.24) is 39.5 Å². The Balaban J connectivity index is 1.57. The molecule has 0 radical (unpaired) electrons. The molecule has 0 amide bonds. The summed E-state index contributed by atoms with van der Waals surface area (Å²) in [5, 5.41) is 4.31. The Morgan fingerprint density at radius 2 is 0.942 bits per heavy atom. The van der Waals surface area contributed by atoms with Gasteiger partial charge in [-0.1, -0.05) is 101 Å². The van der Waals surface area contributed by atoms with E-state index in [2.05, 4.69) is 106 Å². The van der Waals surface area contributed by atoms with E-state index in [0.29, 0.717) is 29.8 Å². The number of aromatic amines is 1. The number of aryl methyl sites for hydroxylation is 4. The zero-order valence-electron chi connectivity index (χ0n) is 30.7. The van der Waals surface area contributed by atoms with Gasteiger partial charge in [0.05, 0.1) is 0 Å². The summed E-state index contributed by atoms with van der Waals surface area (Å²) in [6.07, 6.45) is 4.54. The lowest BCUT2D eigenvalue weighted by atomic mass is 9.86. The van der Waals surface area contributed by atoms with Gasteiger partial charge in [0.25, 0.3) is 0 Å². The summed E-state index contributed by atoms with van der Waals surface area (Å²) in [7, 11) is 0. The topological polar surface area (TPSA) is 98.1 Å². The van der Waals surface area contributed by atoms with Gasteiger partial charge < -0.3 is 9.55 Å². The van der Waals surface area contributed by atoms with E-state index in [1.54, 1.807) is 0 Å². The van der Waals surface area contributed by atoms with Gasteiger partial charge in [-0.3, -0.25) is 0 Å². The van der Waals surface area contributed by atoms with Crippen molar-refractivity contribution in [2.75, 3.05) is 0 Å². The number of aromatic nitrogens is 8. The summed E-state index contributed by atoms with van der Waals surface area (Å²) in [5.74, 6) is 2.62. The van der Waals surface area contributed by atoms with Crippen LogP contribution < -0.4 is 0 Å². The van der Waals surface area contributed by atoms with Crippen LogP contribution in [-0.2, 0) is 38.6 Å². The summed E-state index contributed by atoms with van der Waals surface area (Å²) in [6.45, 7) is 14.1. The number of hydrogen-bond donors (Lipinski definition) is 1. The van der Waals surface area contributed by atoms with Gasteiger partial charge in [-0.2, -0.15) is 0 Å². The van der Waals surface area contributed by atoms with Crippen molar-refractivity contribution in [3.05, 3.63) is 94.5 Å². The molecule has 0 unspecified atom stereocenters. The second kappa shape index (κ2) is 12.5. The largest absolute Gasteiger partial charge is 0.324 e. The summed E-state index contributed by atoms with van der Waals surface area (Å²) in [5.41, 5.74) is 13.9. The molecule has 8 heteroatoms. The van der Waals surface area contributed by atoms with E-state index in [9.17, 15) is 0 Å². The molecule has 2 aliphatic heterocycles. The summed E-state index contributed by atoms with van der Waals surface area (Å²) in [4.78, 5) is 35.8. The molecule has 7 aromatic rings. The molecule has 0 atom stereocenters. The molecule has 8 nitrogen and oxygen atoms in total. The van der Waals surface area contributed by atoms with Crippen molar-refractivity contribution >= 4 is 44.1 Å². The highest BCUT2D eigenvalue weighted by molar-refractivity contribution is 6.10. The quantitative estimate of drug-likeness (QED) is 0.187. The van der Waals surface area contributed by atoms with Gasteiger partial charge in [0, 0.05) is 50.3 Å². The van der Waals surface area contributed by atoms with Gasteiger partial charge in [-0.05, 0) is 66.8 Å². The van der Waals surface area contributed by atoms with Crippen LogP contribution in [0, 0.1) is 0 Å². The highest BCUT2D eigenvalue weighted by Crippen LogP contribution is 2.41. The normalized spacial score (nSPS) is 12.1. The van der Waals surface area contributed by atoms with Crippen LogP contribution in [0.4, 0.5) is 0 Å². The molecular weight excluding hydrogens is 641 g/mol. The standard InChI is InChI=1S/C44H42N8/c1-7-24-18-17-23-33-34(24)40-47-39(33)51-44-32-22-16-15-21-31(32)43(52(44)12-6)50-38-30-20-14-13-19-29(30)37(45-38)46-41-35-27(10-4)25(8-2)26(9-3)28(11-5)36(35)42(48-40)49-41/h13-23H,7-12H2,1-6H3,(H,45,46,47,48,49,50,51). The fourth-order valence-corrected chi connectivity index (χ4v) is 8.74. The molecule has 3 aromatic heterocycles. The van der Waals surface area contributed by atoms with Crippen LogP contribution in [0.2, 0.25) is 0 Å². The lowest BCUT2D eigenvalue weighted by Gasteiger charge is -2.18. The highest BCUT2D eigenvalue weighted by Gasteiger charge is 2.26. The summed E-state index contributed by atoms with van der Waals surface area (Å²) >= 11 is 0. The Hall–Kier alpha value is -5.76. The molecule has 0 fully saturated rings. The Morgan fingerprint density at radius 1 is 0.462 bits per heavy atom. The minimum Gasteiger partial charge on any atom is -0.324 e. The SMILES string of the molecule is CCc1cccc2c1-c1nc-2nc2c3ccccc3c(nc3nc(nc4[nH]c(n1)c1c(CC)c(CC)c(CC)c(CC)c41)-c1ccccc1-3)n2CC. The van der Waals surface area contributed by atoms with E-state index in [1.807, 2.05) is 12.1 Å². The monoisotopic (exact) mass is 682 g/mol. The minimum absolute atomic E-state index is 0.644. The molecule has 1 N–H and O–H groups in total. The number of nitrogens with one attached hydrogen (secondary N) is 1. The fourth-order valence-electron chi connectivity index (χ4n) is 8.74. The molecule has 4 aromatic carbocycles. The van der Waals surface area contributed by atoms with Crippen molar-refractivity contribution < 1.29 is 0 Å². The van der Waals surface area contributed by atoms with E-state index in [1.165, 1.54) is 27.8 Å². The maximum atomic E-state index is 5.48. The smallest absolute Gasteiger partial charge is 0.165 e. The van der Waals surface area contributed by atoms with Crippen molar-refractivity contribution in [3.63, 3.8) is 0 Å². The Labute approximate surface area is 303 Å². The van der Waals surface area contributed by atoms with E-state index in [4.69, 9.17) is 29.9 Å². The molecular formula is C44H42N8. The molecule has 258 valence electrons. The predicted octanol–water partition coefficient (Wildman–Crippen LogP) is 10.2. The van der Waals surface area contributed by atoms with Gasteiger partial charge >= 0.3 is 0 Å². The molecule has 9 rings (SSSR count). The molecule has 0 spiro atoms. The zero-order chi connectivity index (χ0) is 35.7. The average Bonchev–Trinajstić information content (AvgIpc) is 3.91. The lowest BCUT2D eigenvalue weighted by molar-refractivity contribution is 0.806. The summed E-state index contributed by atoms with van der Waals surface area (Å²) < 4.78 is 2.18. The first kappa shape index (κ1) is 32.2. The molecule has 5 heterocycles. The molecule has 0 saturated heterocycles. The van der Waals surface area contributed by atoms with Crippen LogP contribution in [0.3, 0.4) is 0 Å². The number of rotatable bonds is 6. The first-order chi connectivity index (χ1) is 25.5. The number of fused-ring (bicyclic) bond motifs is 20. The third-order valence-corrected chi connectivity index (χ3v) is 11.0. The third kappa shape index (κ3) is 4.59. The van der Waals surface area contributed by atoms with Crippen LogP contribution in [-0.4, -0.2) is 39.5 Å². The first-order valence-electron chi connectivity index (χ1n) is 18.9. The van der Waals surface area contributed by atoms with Gasteiger partial charge in [-0.15, -0.1) is 0 Å². The van der Waals surface area contributed by atoms with Crippen LogP contribution in [0.25, 0.3) is 89.7 Å². The molecule has 8 bridgehead atoms. The maximum Gasteiger partial charge on any atom is 0.165 e. The molecule has 52 heavy (non-hydrogen) atoms. The molecule has 2 aliphatic rings. The van der Waals surface area contributed by atoms with E-state index in [0.717, 1.165) is 98.5 Å². The molecule has 0 aliphatic carbocycles. The average molecular weight is 683 g/mol. The Morgan fingerprint density at radius 3 is 1.48 bits per heavy atom. The first-order valence-corrected chi connectivity index (χ1v) is 18.9. The summed E-state index contributed by atoms with van der Waals surface area (Å²) in [6, 6.07) is 23.1. The van der Waals surface area contributed by atoms with Crippen molar-refractivity contribution in [2.24, 2.45) is 0 Å². The zero-order valence-corrected chi connectivity index (χ0v) is 30.7.